The molecule has 1 aromatic carbocycles. The number of rotatable bonds is 5. The molecule has 0 spiro atoms. The van der Waals surface area contributed by atoms with Crippen molar-refractivity contribution < 1.29 is 4.74 Å². The largest absolute Gasteiger partial charge is 0.489 e. The van der Waals surface area contributed by atoms with E-state index in [2.05, 4.69) is 43.2 Å². The third-order valence-corrected chi connectivity index (χ3v) is 3.66. The molecule has 0 atom stereocenters. The molecule has 0 amide bonds. The number of anilines is 2. The van der Waals surface area contributed by atoms with Crippen LogP contribution in [-0.2, 0) is 0 Å². The van der Waals surface area contributed by atoms with Gasteiger partial charge in [0.1, 0.15) is 12.4 Å². The Kier molecular flexibility index (Phi) is 4.79. The molecule has 1 N–H and O–H groups in total. The van der Waals surface area contributed by atoms with Crippen LogP contribution in [0.3, 0.4) is 0 Å². The molecule has 1 aromatic heterocycles. The number of benzene rings is 1. The molecule has 2 rings (SSSR count). The summed E-state index contributed by atoms with van der Waals surface area (Å²) >= 11 is 1.60. The summed E-state index contributed by atoms with van der Waals surface area (Å²) in [7, 11) is 0. The van der Waals surface area contributed by atoms with Crippen LogP contribution in [0.4, 0.5) is 10.8 Å². The second-order valence-corrected chi connectivity index (χ2v) is 5.85. The number of aryl methyl sites for hydroxylation is 2. The minimum absolute atomic E-state index is 0.600. The zero-order valence-electron chi connectivity index (χ0n) is 12.4. The predicted molar refractivity (Wildman–Crippen MR) is 86.2 cm³/mol. The van der Waals surface area contributed by atoms with Gasteiger partial charge in [0.2, 0.25) is 0 Å². The fourth-order valence-electron chi connectivity index (χ4n) is 1.67. The summed E-state index contributed by atoms with van der Waals surface area (Å²) in [5.74, 6) is 0.903. The smallest absolute Gasteiger partial charge is 0.187 e. The summed E-state index contributed by atoms with van der Waals surface area (Å²) in [5.41, 5.74) is 4.42. The Hall–Kier alpha value is -1.81. The van der Waals surface area contributed by atoms with Crippen LogP contribution in [0, 0.1) is 13.8 Å². The Morgan fingerprint density at radius 2 is 2.15 bits per heavy atom. The van der Waals surface area contributed by atoms with E-state index in [4.69, 9.17) is 4.74 Å². The Morgan fingerprint density at radius 3 is 2.80 bits per heavy atom. The van der Waals surface area contributed by atoms with Crippen LogP contribution in [0.5, 0.6) is 5.75 Å². The molecule has 0 aliphatic rings. The topological polar surface area (TPSA) is 34.1 Å². The summed E-state index contributed by atoms with van der Waals surface area (Å²) in [4.78, 5) is 4.40. The molecular formula is C16H20N2OS. The van der Waals surface area contributed by atoms with Crippen molar-refractivity contribution in [3.8, 4) is 5.75 Å². The van der Waals surface area contributed by atoms with Crippen LogP contribution in [0.25, 0.3) is 0 Å². The molecule has 4 heteroatoms. The second-order valence-electron chi connectivity index (χ2n) is 4.99. The van der Waals surface area contributed by atoms with Crippen LogP contribution in [0.2, 0.25) is 0 Å². The van der Waals surface area contributed by atoms with Crippen LogP contribution >= 0.6 is 11.3 Å². The third-order valence-electron chi connectivity index (χ3n) is 2.79. The molecule has 2 aromatic rings. The monoisotopic (exact) mass is 288 g/mol. The first kappa shape index (κ1) is 14.6. The van der Waals surface area contributed by atoms with E-state index in [1.165, 1.54) is 5.57 Å². The molecule has 0 aliphatic carbocycles. The Morgan fingerprint density at radius 1 is 1.35 bits per heavy atom. The molecule has 0 saturated heterocycles. The first-order chi connectivity index (χ1) is 9.54. The number of thiazole rings is 1. The SMILES string of the molecule is CC(C)=CCOc1cc(Nc2nc(C)cs2)ccc1C. The third kappa shape index (κ3) is 4.10. The van der Waals surface area contributed by atoms with Crippen molar-refractivity contribution in [1.82, 2.24) is 4.98 Å². The summed E-state index contributed by atoms with van der Waals surface area (Å²) < 4.78 is 5.80. The number of aromatic nitrogens is 1. The van der Waals surface area contributed by atoms with Gasteiger partial charge in [-0.25, -0.2) is 4.98 Å². The van der Waals surface area contributed by atoms with E-state index in [9.17, 15) is 0 Å². The van der Waals surface area contributed by atoms with Crippen molar-refractivity contribution in [2.45, 2.75) is 27.7 Å². The van der Waals surface area contributed by atoms with E-state index < -0.39 is 0 Å². The molecule has 1 heterocycles. The summed E-state index contributed by atoms with van der Waals surface area (Å²) in [5, 5.41) is 6.24. The van der Waals surface area contributed by atoms with Gasteiger partial charge in [0.05, 0.1) is 5.69 Å². The standard InChI is InChI=1S/C16H20N2OS/c1-11(2)7-8-19-15-9-14(6-5-12(15)3)18-16-17-13(4)10-20-16/h5-7,9-10H,8H2,1-4H3,(H,17,18). The van der Waals surface area contributed by atoms with Gasteiger partial charge in [-0.2, -0.15) is 0 Å². The summed E-state index contributed by atoms with van der Waals surface area (Å²) in [6.07, 6.45) is 2.07. The Bertz CT molecular complexity index is 613. The fourth-order valence-corrected chi connectivity index (χ4v) is 2.37. The first-order valence-electron chi connectivity index (χ1n) is 6.60. The van der Waals surface area contributed by atoms with Crippen LogP contribution in [0.1, 0.15) is 25.1 Å². The molecule has 0 saturated carbocycles. The Labute approximate surface area is 124 Å². The van der Waals surface area contributed by atoms with Gasteiger partial charge >= 0.3 is 0 Å². The number of allylic oxidation sites excluding steroid dienone is 1. The quantitative estimate of drug-likeness (QED) is 0.799. The minimum atomic E-state index is 0.600. The van der Waals surface area contributed by atoms with Gasteiger partial charge in [0, 0.05) is 17.1 Å². The zero-order valence-corrected chi connectivity index (χ0v) is 13.2. The molecule has 0 bridgehead atoms. The van der Waals surface area contributed by atoms with Crippen molar-refractivity contribution in [2.24, 2.45) is 0 Å². The number of nitrogens with one attached hydrogen (secondary N) is 1. The fraction of sp³-hybridized carbons (Fsp3) is 0.312. The van der Waals surface area contributed by atoms with Crippen molar-refractivity contribution in [3.05, 3.63) is 46.5 Å². The lowest BCUT2D eigenvalue weighted by Gasteiger charge is -2.10. The Balaban J connectivity index is 2.09. The van der Waals surface area contributed by atoms with Gasteiger partial charge < -0.3 is 10.1 Å². The highest BCUT2D eigenvalue weighted by molar-refractivity contribution is 7.13. The van der Waals surface area contributed by atoms with Crippen LogP contribution in [-0.4, -0.2) is 11.6 Å². The highest BCUT2D eigenvalue weighted by Crippen LogP contribution is 2.26. The highest BCUT2D eigenvalue weighted by Gasteiger charge is 2.03. The van der Waals surface area contributed by atoms with Gasteiger partial charge in [-0.05, 0) is 45.4 Å². The number of nitrogens with zero attached hydrogens (tertiary/aromatic N) is 1. The average Bonchev–Trinajstić information content (AvgIpc) is 2.78. The lowest BCUT2D eigenvalue weighted by molar-refractivity contribution is 0.359. The lowest BCUT2D eigenvalue weighted by Crippen LogP contribution is -1.98. The van der Waals surface area contributed by atoms with Crippen molar-refractivity contribution in [2.75, 3.05) is 11.9 Å². The normalized spacial score (nSPS) is 10.2. The molecule has 3 nitrogen and oxygen atoms in total. The molecule has 0 aliphatic heterocycles. The predicted octanol–water partition coefficient (Wildman–Crippen LogP) is 4.85. The first-order valence-corrected chi connectivity index (χ1v) is 7.48. The number of hydrogen-bond donors (Lipinski definition) is 1. The van der Waals surface area contributed by atoms with Crippen LogP contribution < -0.4 is 10.1 Å². The van der Waals surface area contributed by atoms with Crippen molar-refractivity contribution >= 4 is 22.2 Å². The summed E-state index contributed by atoms with van der Waals surface area (Å²) in [6.45, 7) is 8.78. The zero-order chi connectivity index (χ0) is 14.5. The number of ether oxygens (including phenoxy) is 1. The molecule has 0 fully saturated rings. The average molecular weight is 288 g/mol. The van der Waals surface area contributed by atoms with Crippen LogP contribution in [0.15, 0.2) is 35.2 Å². The van der Waals surface area contributed by atoms with E-state index in [0.717, 1.165) is 27.8 Å². The maximum atomic E-state index is 5.80. The van der Waals surface area contributed by atoms with E-state index in [-0.39, 0.29) is 0 Å². The van der Waals surface area contributed by atoms with Gasteiger partial charge in [-0.3, -0.25) is 0 Å². The van der Waals surface area contributed by atoms with Gasteiger partial charge in [-0.15, -0.1) is 11.3 Å². The molecule has 20 heavy (non-hydrogen) atoms. The van der Waals surface area contributed by atoms with Crippen molar-refractivity contribution in [1.29, 1.82) is 0 Å². The molecule has 106 valence electrons. The highest BCUT2D eigenvalue weighted by atomic mass is 32.1. The summed E-state index contributed by atoms with van der Waals surface area (Å²) in [6, 6.07) is 6.12. The lowest BCUT2D eigenvalue weighted by atomic mass is 10.2. The van der Waals surface area contributed by atoms with E-state index in [1.807, 2.05) is 24.4 Å². The minimum Gasteiger partial charge on any atom is -0.489 e. The molecule has 0 radical (unpaired) electrons. The van der Waals surface area contributed by atoms with E-state index in [1.54, 1.807) is 11.3 Å². The van der Waals surface area contributed by atoms with Gasteiger partial charge in [0.15, 0.2) is 5.13 Å². The second kappa shape index (κ2) is 6.57. The molecule has 0 unspecified atom stereocenters. The van der Waals surface area contributed by atoms with Gasteiger partial charge in [0.25, 0.3) is 0 Å². The van der Waals surface area contributed by atoms with E-state index in [0.29, 0.717) is 6.61 Å². The van der Waals surface area contributed by atoms with Gasteiger partial charge in [-0.1, -0.05) is 11.6 Å². The maximum absolute atomic E-state index is 5.80. The maximum Gasteiger partial charge on any atom is 0.187 e. The molecular weight excluding hydrogens is 268 g/mol. The van der Waals surface area contributed by atoms with Crippen molar-refractivity contribution in [3.63, 3.8) is 0 Å². The number of hydrogen-bond acceptors (Lipinski definition) is 4. The van der Waals surface area contributed by atoms with E-state index >= 15 is 0 Å².